The molecule has 0 radical (unpaired) electrons. The van der Waals surface area contributed by atoms with Crippen molar-refractivity contribution in [2.45, 2.75) is 58.3 Å². The van der Waals surface area contributed by atoms with Crippen molar-refractivity contribution >= 4 is 0 Å². The number of hydrogen-bond acceptors (Lipinski definition) is 4. The second-order valence-corrected chi connectivity index (χ2v) is 6.34. The highest BCUT2D eigenvalue weighted by Gasteiger charge is 2.03. The molecule has 0 aliphatic heterocycles. The van der Waals surface area contributed by atoms with E-state index in [0.717, 1.165) is 12.2 Å². The van der Waals surface area contributed by atoms with Crippen molar-refractivity contribution in [3.63, 3.8) is 0 Å². The summed E-state index contributed by atoms with van der Waals surface area (Å²) in [5.74, 6) is 0.997. The third-order valence-electron chi connectivity index (χ3n) is 4.14. The number of ether oxygens (including phenoxy) is 3. The fraction of sp³-hybridized carbons (Fsp3) is 0.714. The summed E-state index contributed by atoms with van der Waals surface area (Å²) in [7, 11) is 0. The van der Waals surface area contributed by atoms with Gasteiger partial charge in [-0.3, -0.25) is 0 Å². The molecule has 0 heterocycles. The first-order valence-corrected chi connectivity index (χ1v) is 9.94. The third kappa shape index (κ3) is 12.0. The summed E-state index contributed by atoms with van der Waals surface area (Å²) < 4.78 is 16.6. The maximum absolute atomic E-state index is 5.89. The van der Waals surface area contributed by atoms with Gasteiger partial charge in [-0.2, -0.15) is 0 Å². The highest BCUT2D eigenvalue weighted by atomic mass is 16.5. The molecule has 144 valence electrons. The van der Waals surface area contributed by atoms with Gasteiger partial charge in [0.1, 0.15) is 12.4 Å². The lowest BCUT2D eigenvalue weighted by atomic mass is 10.0. The molecule has 0 aliphatic carbocycles. The van der Waals surface area contributed by atoms with Crippen molar-refractivity contribution in [2.24, 2.45) is 5.73 Å². The lowest BCUT2D eigenvalue weighted by Crippen LogP contribution is -2.14. The molecule has 0 bridgehead atoms. The Labute approximate surface area is 154 Å². The Morgan fingerprint density at radius 2 is 1.40 bits per heavy atom. The average molecular weight is 352 g/mol. The van der Waals surface area contributed by atoms with E-state index in [-0.39, 0.29) is 0 Å². The number of para-hydroxylation sites is 1. The second kappa shape index (κ2) is 16.4. The van der Waals surface area contributed by atoms with E-state index in [1.165, 1.54) is 50.5 Å². The summed E-state index contributed by atoms with van der Waals surface area (Å²) in [4.78, 5) is 0. The van der Waals surface area contributed by atoms with Crippen molar-refractivity contribution in [3.8, 4) is 5.75 Å². The predicted molar refractivity (Wildman–Crippen MR) is 104 cm³/mol. The van der Waals surface area contributed by atoms with Crippen LogP contribution in [-0.2, 0) is 15.9 Å². The summed E-state index contributed by atoms with van der Waals surface area (Å²) >= 11 is 0. The summed E-state index contributed by atoms with van der Waals surface area (Å²) in [5, 5.41) is 0. The molecule has 0 saturated carbocycles. The maximum Gasteiger partial charge on any atom is 0.122 e. The van der Waals surface area contributed by atoms with Crippen LogP contribution in [0, 0.1) is 0 Å². The monoisotopic (exact) mass is 351 g/mol. The largest absolute Gasteiger partial charge is 0.491 e. The molecule has 0 amide bonds. The van der Waals surface area contributed by atoms with Crippen LogP contribution >= 0.6 is 0 Å². The molecule has 0 aromatic heterocycles. The van der Waals surface area contributed by atoms with Crippen molar-refractivity contribution in [1.29, 1.82) is 0 Å². The lowest BCUT2D eigenvalue weighted by Gasteiger charge is -2.12. The Bertz CT molecular complexity index is 412. The van der Waals surface area contributed by atoms with E-state index in [2.05, 4.69) is 25.1 Å². The molecule has 0 unspecified atom stereocenters. The first kappa shape index (κ1) is 21.9. The Kier molecular flexibility index (Phi) is 14.4. The molecule has 0 spiro atoms. The zero-order valence-electron chi connectivity index (χ0n) is 16.0. The van der Waals surface area contributed by atoms with E-state index in [1.807, 2.05) is 6.07 Å². The SMILES string of the molecule is CCCCCCCCCc1ccccc1OCCOCCOCCN. The Hall–Kier alpha value is -1.10. The molecule has 0 fully saturated rings. The number of hydrogen-bond donors (Lipinski definition) is 1. The minimum atomic E-state index is 0.554. The average Bonchev–Trinajstić information content (AvgIpc) is 2.64. The summed E-state index contributed by atoms with van der Waals surface area (Å²) in [5.41, 5.74) is 6.66. The minimum absolute atomic E-state index is 0.554. The Morgan fingerprint density at radius 3 is 2.16 bits per heavy atom. The second-order valence-electron chi connectivity index (χ2n) is 6.34. The van der Waals surface area contributed by atoms with Gasteiger partial charge in [0.05, 0.1) is 26.4 Å². The van der Waals surface area contributed by atoms with Crippen LogP contribution in [0.1, 0.15) is 57.4 Å². The molecule has 2 N–H and O–H groups in total. The number of rotatable bonds is 17. The number of aryl methyl sites for hydroxylation is 1. The van der Waals surface area contributed by atoms with E-state index in [4.69, 9.17) is 19.9 Å². The van der Waals surface area contributed by atoms with E-state index >= 15 is 0 Å². The molecule has 1 aromatic rings. The highest BCUT2D eigenvalue weighted by Crippen LogP contribution is 2.20. The zero-order valence-corrected chi connectivity index (χ0v) is 16.0. The fourth-order valence-electron chi connectivity index (χ4n) is 2.74. The number of nitrogens with two attached hydrogens (primary N) is 1. The summed E-state index contributed by atoms with van der Waals surface area (Å²) in [6.07, 6.45) is 10.4. The van der Waals surface area contributed by atoms with Crippen molar-refractivity contribution in [2.75, 3.05) is 39.6 Å². The van der Waals surface area contributed by atoms with Gasteiger partial charge in [0.25, 0.3) is 0 Å². The van der Waals surface area contributed by atoms with Crippen LogP contribution in [-0.4, -0.2) is 39.6 Å². The van der Waals surface area contributed by atoms with Gasteiger partial charge in [0.2, 0.25) is 0 Å². The molecule has 0 atom stereocenters. The Balaban J connectivity index is 2.12. The van der Waals surface area contributed by atoms with Crippen LogP contribution in [0.2, 0.25) is 0 Å². The van der Waals surface area contributed by atoms with Crippen molar-refractivity contribution in [3.05, 3.63) is 29.8 Å². The topological polar surface area (TPSA) is 53.7 Å². The van der Waals surface area contributed by atoms with E-state index in [0.29, 0.717) is 39.6 Å². The first-order valence-electron chi connectivity index (χ1n) is 9.94. The smallest absolute Gasteiger partial charge is 0.122 e. The molecule has 0 aliphatic rings. The van der Waals surface area contributed by atoms with Crippen molar-refractivity contribution < 1.29 is 14.2 Å². The van der Waals surface area contributed by atoms with E-state index < -0.39 is 0 Å². The standard InChI is InChI=1S/C21H37NO3/c1-2-3-4-5-6-7-8-11-20-12-9-10-13-21(20)25-19-18-24-17-16-23-15-14-22/h9-10,12-13H,2-8,11,14-19,22H2,1H3. The quantitative estimate of drug-likeness (QED) is 0.424. The van der Waals surface area contributed by atoms with Gasteiger partial charge in [-0.25, -0.2) is 0 Å². The van der Waals surface area contributed by atoms with Crippen LogP contribution in [0.3, 0.4) is 0 Å². The van der Waals surface area contributed by atoms with Crippen LogP contribution < -0.4 is 10.5 Å². The molecule has 1 aromatic carbocycles. The molecule has 1 rings (SSSR count). The van der Waals surface area contributed by atoms with Gasteiger partial charge in [-0.05, 0) is 24.5 Å². The normalized spacial score (nSPS) is 11.0. The molecule has 25 heavy (non-hydrogen) atoms. The van der Waals surface area contributed by atoms with Gasteiger partial charge >= 0.3 is 0 Å². The van der Waals surface area contributed by atoms with Gasteiger partial charge in [-0.1, -0.05) is 63.6 Å². The molecule has 0 saturated heterocycles. The lowest BCUT2D eigenvalue weighted by molar-refractivity contribution is 0.0387. The number of unbranched alkanes of at least 4 members (excludes halogenated alkanes) is 6. The molecular formula is C21H37NO3. The van der Waals surface area contributed by atoms with Crippen molar-refractivity contribution in [1.82, 2.24) is 0 Å². The zero-order chi connectivity index (χ0) is 18.0. The third-order valence-corrected chi connectivity index (χ3v) is 4.14. The fourth-order valence-corrected chi connectivity index (χ4v) is 2.74. The summed E-state index contributed by atoms with van der Waals surface area (Å²) in [6.45, 7) is 5.74. The molecule has 4 heteroatoms. The number of benzene rings is 1. The van der Waals surface area contributed by atoms with Gasteiger partial charge in [0.15, 0.2) is 0 Å². The maximum atomic E-state index is 5.89. The highest BCUT2D eigenvalue weighted by molar-refractivity contribution is 5.33. The first-order chi connectivity index (χ1) is 12.4. The Morgan fingerprint density at radius 1 is 0.760 bits per heavy atom. The minimum Gasteiger partial charge on any atom is -0.491 e. The van der Waals surface area contributed by atoms with Crippen LogP contribution in [0.5, 0.6) is 5.75 Å². The van der Waals surface area contributed by atoms with Crippen LogP contribution in [0.25, 0.3) is 0 Å². The van der Waals surface area contributed by atoms with Gasteiger partial charge < -0.3 is 19.9 Å². The molecule has 4 nitrogen and oxygen atoms in total. The van der Waals surface area contributed by atoms with E-state index in [1.54, 1.807) is 0 Å². The van der Waals surface area contributed by atoms with E-state index in [9.17, 15) is 0 Å². The van der Waals surface area contributed by atoms with Gasteiger partial charge in [-0.15, -0.1) is 0 Å². The predicted octanol–water partition coefficient (Wildman–Crippen LogP) is 4.35. The summed E-state index contributed by atoms with van der Waals surface area (Å²) in [6, 6.07) is 8.36. The van der Waals surface area contributed by atoms with Crippen LogP contribution in [0.4, 0.5) is 0 Å². The van der Waals surface area contributed by atoms with Gasteiger partial charge in [0, 0.05) is 6.54 Å². The van der Waals surface area contributed by atoms with Crippen LogP contribution in [0.15, 0.2) is 24.3 Å². The molecular weight excluding hydrogens is 314 g/mol.